The normalized spacial score (nSPS) is 11.7. The molecule has 24 nitrogen and oxygen atoms in total. The van der Waals surface area contributed by atoms with Crippen LogP contribution in [0.2, 0.25) is 0 Å². The van der Waals surface area contributed by atoms with E-state index >= 15 is 0 Å². The Morgan fingerprint density at radius 1 is 0.398 bits per heavy atom. The third kappa shape index (κ3) is 25.7. The first-order chi connectivity index (χ1) is 39.6. The summed E-state index contributed by atoms with van der Waals surface area (Å²) in [5, 5.41) is 17.3. The number of anilines is 4. The Kier molecular flexibility index (Phi) is 32.1. The molecule has 0 aliphatic heterocycles. The number of carbonyl (C=O) groups excluding carboxylic acids is 6. The number of hydrogen-bond donors (Lipinski definition) is 8. The first-order valence-corrected chi connectivity index (χ1v) is 33.1. The van der Waals surface area contributed by atoms with Gasteiger partial charge in [0.2, 0.25) is 23.6 Å². The molecule has 0 saturated heterocycles. The largest absolute Gasteiger partial charge is 1.00 e. The molecule has 6 amide bonds. The van der Waals surface area contributed by atoms with Crippen molar-refractivity contribution in [2.75, 3.05) is 21.3 Å². The molecule has 0 aromatic heterocycles. The first kappa shape index (κ1) is 80.4. The van der Waals surface area contributed by atoms with Crippen LogP contribution in [0.4, 0.5) is 22.7 Å². The molecule has 0 aliphatic rings. The predicted octanol–water partition coefficient (Wildman–Crippen LogP) is 2.44. The smallest absolute Gasteiger partial charge is 0.542 e. The molecule has 0 atom stereocenters. The summed E-state index contributed by atoms with van der Waals surface area (Å²) in [6.07, 6.45) is 5.35. The fourth-order valence-electron chi connectivity index (χ4n) is 6.69. The molecule has 0 bridgehead atoms. The van der Waals surface area contributed by atoms with Crippen LogP contribution in [-0.4, -0.2) is 91.4 Å². The molecule has 468 valence electrons. The van der Waals surface area contributed by atoms with Gasteiger partial charge in [-0.1, -0.05) is 104 Å². The summed E-state index contributed by atoms with van der Waals surface area (Å²) in [5.74, 6) is -6.66. The van der Waals surface area contributed by atoms with Crippen molar-refractivity contribution in [3.05, 3.63) is 104 Å². The van der Waals surface area contributed by atoms with Crippen LogP contribution in [0, 0.1) is 23.7 Å². The maximum absolute atomic E-state index is 13.3. The first-order valence-electron chi connectivity index (χ1n) is 26.4. The summed E-state index contributed by atoms with van der Waals surface area (Å²) in [6, 6.07) is 16.6. The fraction of sp³-hybridized carbons (Fsp3) is 0.357. The molecule has 32 heteroatoms. The van der Waals surface area contributed by atoms with E-state index in [1.807, 2.05) is 27.7 Å². The molecule has 0 unspecified atom stereocenters. The molecule has 8 N–H and O–H groups in total. The van der Waals surface area contributed by atoms with Gasteiger partial charge in [0.25, 0.3) is 20.0 Å². The molecular formula is C56H72N10Na2O14S6. The Bertz CT molecular complexity index is 3560. The number of amides is 6. The summed E-state index contributed by atoms with van der Waals surface area (Å²) in [4.78, 5) is 70.8. The average molecular weight is 1350 g/mol. The summed E-state index contributed by atoms with van der Waals surface area (Å²) in [5.41, 5.74) is 1.29. The summed E-state index contributed by atoms with van der Waals surface area (Å²) < 4.78 is 117. The zero-order chi connectivity index (χ0) is 65.4. The van der Waals surface area contributed by atoms with E-state index in [4.69, 9.17) is 24.4 Å². The fourth-order valence-corrected chi connectivity index (χ4v) is 12.6. The van der Waals surface area contributed by atoms with Crippen LogP contribution in [0.15, 0.2) is 92.4 Å². The van der Waals surface area contributed by atoms with Crippen molar-refractivity contribution in [2.45, 2.75) is 129 Å². The number of hydrogen-bond acceptors (Lipinski definition) is 16. The summed E-state index contributed by atoms with van der Waals surface area (Å²) >= 11 is 10.5. The number of thiocarbonyl (C=S) groups is 2. The van der Waals surface area contributed by atoms with E-state index in [0.717, 1.165) is 12.1 Å². The van der Waals surface area contributed by atoms with Gasteiger partial charge < -0.3 is 50.9 Å². The summed E-state index contributed by atoms with van der Waals surface area (Å²) in [7, 11) is -17.8. The standard InChI is InChI=1S/2C28H37N5O7S3.2Na/c2*1-16(2)26(35)32-42(37,38)24-14-22(30-19(7)34)12-10-20(24)8-9-21-11-13-23(31-28(41)29-18(5)6)15-25(21)43(39,40)33-27(36)17(3)4;;/h2*8-18H,1-7H3,(H5,29,30,31,32,33,34,35,36,41);;/q;;2*+1/p-2/b2*9-8+;;. The van der Waals surface area contributed by atoms with Crippen LogP contribution < -0.4 is 100 Å². The van der Waals surface area contributed by atoms with Crippen molar-refractivity contribution in [3.8, 4) is 0 Å². The van der Waals surface area contributed by atoms with E-state index in [1.54, 1.807) is 39.8 Å². The van der Waals surface area contributed by atoms with Gasteiger partial charge in [0.1, 0.15) is 20.0 Å². The van der Waals surface area contributed by atoms with Gasteiger partial charge in [-0.25, -0.2) is 43.1 Å². The van der Waals surface area contributed by atoms with E-state index in [2.05, 4.69) is 50.8 Å². The van der Waals surface area contributed by atoms with Crippen molar-refractivity contribution in [1.29, 1.82) is 0 Å². The minimum absolute atomic E-state index is 0. The van der Waals surface area contributed by atoms with Gasteiger partial charge in [-0.15, -0.1) is 0 Å². The Labute approximate surface area is 571 Å². The Morgan fingerprint density at radius 2 is 0.648 bits per heavy atom. The van der Waals surface area contributed by atoms with Crippen LogP contribution in [0.5, 0.6) is 0 Å². The maximum Gasteiger partial charge on any atom is 1.00 e. The van der Waals surface area contributed by atoms with Crippen LogP contribution in [0.25, 0.3) is 33.7 Å². The molecule has 88 heavy (non-hydrogen) atoms. The second-order valence-corrected chi connectivity index (χ2v) is 28.2. The molecule has 4 aromatic rings. The Hall–Kier alpha value is -5.64. The van der Waals surface area contributed by atoms with E-state index < -0.39 is 99.2 Å². The quantitative estimate of drug-likeness (QED) is 0.0318. The monoisotopic (exact) mass is 1350 g/mol. The molecular weight excluding hydrogens is 1280 g/mol. The minimum atomic E-state index is -4.53. The molecule has 4 aromatic carbocycles. The van der Waals surface area contributed by atoms with Crippen LogP contribution >= 0.6 is 24.4 Å². The second-order valence-electron chi connectivity index (χ2n) is 20.9. The van der Waals surface area contributed by atoms with Crippen LogP contribution in [0.1, 0.15) is 119 Å². The number of nitrogens with one attached hydrogen (secondary N) is 8. The van der Waals surface area contributed by atoms with Crippen molar-refractivity contribution < 1.29 is 122 Å². The van der Waals surface area contributed by atoms with Gasteiger partial charge in [0.15, 0.2) is 10.2 Å². The molecule has 0 aliphatic carbocycles. The van der Waals surface area contributed by atoms with Gasteiger partial charge in [0.05, 0.1) is 31.4 Å². The number of sulfonamides is 4. The van der Waals surface area contributed by atoms with E-state index in [0.29, 0.717) is 11.4 Å². The number of benzene rings is 4. The third-order valence-corrected chi connectivity index (χ3v) is 16.9. The van der Waals surface area contributed by atoms with Gasteiger partial charge >= 0.3 is 59.1 Å². The van der Waals surface area contributed by atoms with Crippen LogP contribution in [0.3, 0.4) is 0 Å². The summed E-state index contributed by atoms with van der Waals surface area (Å²) in [6.45, 7) is 22.2. The molecule has 0 spiro atoms. The van der Waals surface area contributed by atoms with Crippen molar-refractivity contribution in [3.63, 3.8) is 0 Å². The van der Waals surface area contributed by atoms with Crippen molar-refractivity contribution in [1.82, 2.24) is 20.1 Å². The zero-order valence-corrected chi connectivity index (χ0v) is 60.7. The number of nitrogens with zero attached hydrogens (tertiary/aromatic N) is 2. The predicted molar refractivity (Wildman–Crippen MR) is 342 cm³/mol. The molecule has 0 heterocycles. The van der Waals surface area contributed by atoms with E-state index in [1.165, 1.54) is 114 Å². The minimum Gasteiger partial charge on any atom is -0.542 e. The average Bonchev–Trinajstić information content (AvgIpc) is 1.21. The van der Waals surface area contributed by atoms with Gasteiger partial charge in [0, 0.05) is 60.5 Å². The van der Waals surface area contributed by atoms with Gasteiger partial charge in [-0.3, -0.25) is 19.2 Å². The SMILES string of the molecule is CC(=O)Nc1ccc(/C=C/c2ccc(NC(=S)NC(C)C)cc2S(=O)(=O)NC(=O)C(C)C)c(S(=O)(=O)[N-]C(=O)C(C)C)c1.CC(=O)Nc1ccc(/C=C/c2ccc(NC(=S)NC(C)C)cc2S(=O)(=O)NC(=O)C(C)C)c(S(=O)(=O)[N-]C(=O)C(C)C)c1.[Na+].[Na+]. The number of rotatable bonds is 22. The van der Waals surface area contributed by atoms with Crippen molar-refractivity contribution in [2.24, 2.45) is 23.7 Å². The second kappa shape index (κ2) is 35.1. The molecule has 0 fully saturated rings. The van der Waals surface area contributed by atoms with E-state index in [9.17, 15) is 62.4 Å². The van der Waals surface area contributed by atoms with E-state index in [-0.39, 0.29) is 135 Å². The molecule has 0 saturated carbocycles. The molecule has 4 rings (SSSR count). The van der Waals surface area contributed by atoms with Crippen molar-refractivity contribution >= 4 is 157 Å². The van der Waals surface area contributed by atoms with Gasteiger partial charge in [-0.05, 0) is 135 Å². The van der Waals surface area contributed by atoms with Gasteiger partial charge in [-0.2, -0.15) is 0 Å². The van der Waals surface area contributed by atoms with Crippen LogP contribution in [-0.2, 0) is 68.9 Å². The molecule has 0 radical (unpaired) electrons. The zero-order valence-electron chi connectivity index (χ0n) is 51.8. The Balaban J connectivity index is 0.000000860. The maximum atomic E-state index is 13.3. The third-order valence-electron chi connectivity index (χ3n) is 11.0. The number of carbonyl (C=O) groups is 6. The Morgan fingerprint density at radius 3 is 0.886 bits per heavy atom. The topological polar surface area (TPSA) is 363 Å².